The van der Waals surface area contributed by atoms with Crippen LogP contribution in [-0.4, -0.2) is 45.8 Å². The van der Waals surface area contributed by atoms with Crippen molar-refractivity contribution in [1.82, 2.24) is 4.98 Å². The number of aromatic nitrogens is 1. The third-order valence-electron chi connectivity index (χ3n) is 7.66. The molecular formula is C27H41NO5S. The zero-order valence-electron chi connectivity index (χ0n) is 21.7. The number of fused-ring (bicyclic) bond motifs is 1. The van der Waals surface area contributed by atoms with Gasteiger partial charge in [-0.25, -0.2) is 4.98 Å². The molecule has 1 N–H and O–H groups in total. The van der Waals surface area contributed by atoms with Crippen LogP contribution < -0.4 is 0 Å². The Labute approximate surface area is 208 Å². The van der Waals surface area contributed by atoms with Gasteiger partial charge in [0.1, 0.15) is 11.9 Å². The van der Waals surface area contributed by atoms with Crippen molar-refractivity contribution in [2.45, 2.75) is 111 Å². The van der Waals surface area contributed by atoms with Crippen LogP contribution >= 0.6 is 11.3 Å². The summed E-state index contributed by atoms with van der Waals surface area (Å²) in [4.78, 5) is 30.6. The molecule has 2 saturated heterocycles. The Kier molecular flexibility index (Phi) is 8.42. The molecule has 2 aliphatic rings. The van der Waals surface area contributed by atoms with E-state index in [1.54, 1.807) is 25.2 Å². The maximum absolute atomic E-state index is 13.2. The van der Waals surface area contributed by atoms with Crippen molar-refractivity contribution in [3.05, 3.63) is 21.7 Å². The summed E-state index contributed by atoms with van der Waals surface area (Å²) in [5.74, 6) is -0.277. The van der Waals surface area contributed by atoms with Crippen LogP contribution in [0.2, 0.25) is 0 Å². The highest BCUT2D eigenvalue weighted by atomic mass is 32.1. The fraction of sp³-hybridized carbons (Fsp3) is 0.741. The number of esters is 1. The summed E-state index contributed by atoms with van der Waals surface area (Å²) in [6.07, 6.45) is 4.53. The first-order valence-corrected chi connectivity index (χ1v) is 13.4. The molecule has 2 fully saturated rings. The highest BCUT2D eigenvalue weighted by Crippen LogP contribution is 2.45. The molecule has 6 nitrogen and oxygen atoms in total. The first-order chi connectivity index (χ1) is 15.8. The normalized spacial score (nSPS) is 36.0. The molecule has 0 radical (unpaired) electrons. The number of hydrogen-bond donors (Lipinski definition) is 1. The fourth-order valence-electron chi connectivity index (χ4n) is 5.15. The highest BCUT2D eigenvalue weighted by molar-refractivity contribution is 7.09. The van der Waals surface area contributed by atoms with Crippen molar-refractivity contribution < 1.29 is 24.2 Å². The smallest absolute Gasteiger partial charge is 0.309 e. The van der Waals surface area contributed by atoms with E-state index < -0.39 is 23.6 Å². The molecule has 3 rings (SSSR count). The van der Waals surface area contributed by atoms with Crippen molar-refractivity contribution in [2.24, 2.45) is 17.3 Å². The van der Waals surface area contributed by atoms with Gasteiger partial charge in [-0.2, -0.15) is 0 Å². The molecular weight excluding hydrogens is 450 g/mol. The van der Waals surface area contributed by atoms with Crippen LogP contribution in [0.1, 0.15) is 90.8 Å². The van der Waals surface area contributed by atoms with E-state index in [9.17, 15) is 14.7 Å². The lowest BCUT2D eigenvalue weighted by molar-refractivity contribution is -0.153. The summed E-state index contributed by atoms with van der Waals surface area (Å²) in [5, 5.41) is 13.8. The van der Waals surface area contributed by atoms with Gasteiger partial charge in [-0.3, -0.25) is 9.59 Å². The van der Waals surface area contributed by atoms with Crippen molar-refractivity contribution in [2.75, 3.05) is 0 Å². The summed E-state index contributed by atoms with van der Waals surface area (Å²) in [6, 6.07) is 0. The van der Waals surface area contributed by atoms with Gasteiger partial charge in [0.05, 0.1) is 40.3 Å². The maximum atomic E-state index is 13.2. The Morgan fingerprint density at radius 2 is 1.94 bits per heavy atom. The second kappa shape index (κ2) is 10.6. The average molecular weight is 492 g/mol. The number of epoxide rings is 1. The molecule has 0 aliphatic carbocycles. The predicted octanol–water partition coefficient (Wildman–Crippen LogP) is 5.51. The molecule has 0 spiro atoms. The Hall–Kier alpha value is -1.57. The van der Waals surface area contributed by atoms with Crippen LogP contribution in [0.25, 0.3) is 6.08 Å². The third-order valence-corrected chi connectivity index (χ3v) is 8.45. The van der Waals surface area contributed by atoms with Crippen molar-refractivity contribution in [3.63, 3.8) is 0 Å². The number of aliphatic hydroxyl groups is 1. The van der Waals surface area contributed by atoms with E-state index in [4.69, 9.17) is 9.47 Å². The number of carbonyl (C=O) groups excluding carboxylic acids is 2. The second-order valence-electron chi connectivity index (χ2n) is 11.3. The number of thiazole rings is 1. The molecule has 190 valence electrons. The molecule has 0 saturated carbocycles. The van der Waals surface area contributed by atoms with Gasteiger partial charge in [-0.1, -0.05) is 40.5 Å². The summed E-state index contributed by atoms with van der Waals surface area (Å²) in [6.45, 7) is 13.6. The van der Waals surface area contributed by atoms with Crippen molar-refractivity contribution in [1.29, 1.82) is 0 Å². The maximum Gasteiger partial charge on any atom is 0.309 e. The molecule has 34 heavy (non-hydrogen) atoms. The quantitative estimate of drug-likeness (QED) is 0.434. The summed E-state index contributed by atoms with van der Waals surface area (Å²) >= 11 is 1.58. The first kappa shape index (κ1) is 27.0. The molecule has 0 amide bonds. The molecule has 2 aliphatic heterocycles. The van der Waals surface area contributed by atoms with Crippen LogP contribution in [-0.2, 0) is 19.1 Å². The number of rotatable bonds is 2. The van der Waals surface area contributed by atoms with E-state index in [0.717, 1.165) is 42.0 Å². The largest absolute Gasteiger partial charge is 0.458 e. The minimum atomic E-state index is -1.10. The van der Waals surface area contributed by atoms with Crippen LogP contribution in [0.4, 0.5) is 0 Å². The number of ether oxygens (including phenoxy) is 2. The van der Waals surface area contributed by atoms with Crippen LogP contribution in [0.3, 0.4) is 0 Å². The standard InChI is InChI=1S/C27H41NO5S/c1-16-9-8-10-27(7)23(33-27)13-21(17(2)12-20-15-34-19(4)28-20)32-24(30)14-22(29)26(5,6)25(31)18(3)11-16/h12,15-16,18,21-23,29H,8-11,13-14H2,1-7H3/b17-12+/t16?,18?,21-,22?,23-,27+/m0/s1. The lowest BCUT2D eigenvalue weighted by Crippen LogP contribution is -2.42. The van der Waals surface area contributed by atoms with Crippen molar-refractivity contribution >= 4 is 29.2 Å². The second-order valence-corrected chi connectivity index (χ2v) is 12.3. The number of aryl methyl sites for hydroxylation is 1. The minimum Gasteiger partial charge on any atom is -0.458 e. The number of hydrogen-bond acceptors (Lipinski definition) is 7. The number of carbonyl (C=O) groups is 2. The topological polar surface area (TPSA) is 89.0 Å². The number of aliphatic hydroxyl groups excluding tert-OH is 1. The highest BCUT2D eigenvalue weighted by Gasteiger charge is 2.52. The van der Waals surface area contributed by atoms with Crippen LogP contribution in [0, 0.1) is 24.2 Å². The van der Waals surface area contributed by atoms with E-state index in [1.807, 2.05) is 32.2 Å². The SMILES string of the molecule is C/C(=C\c1csc(C)n1)[C@@H]1C[C@@H]2O[C@]2(C)CCCC(C)CC(C)C(=O)C(C)(C)C(O)CC(=O)O1. The Morgan fingerprint density at radius 3 is 2.59 bits per heavy atom. The van der Waals surface area contributed by atoms with Gasteiger partial charge in [0.2, 0.25) is 0 Å². The number of cyclic esters (lactones) is 1. The Morgan fingerprint density at radius 1 is 1.24 bits per heavy atom. The average Bonchev–Trinajstić information content (AvgIpc) is 3.18. The molecule has 3 unspecified atom stereocenters. The Balaban J connectivity index is 1.83. The van der Waals surface area contributed by atoms with Gasteiger partial charge in [-0.15, -0.1) is 11.3 Å². The zero-order valence-corrected chi connectivity index (χ0v) is 22.5. The summed E-state index contributed by atoms with van der Waals surface area (Å²) in [7, 11) is 0. The molecule has 0 bridgehead atoms. The molecule has 6 atom stereocenters. The van der Waals surface area contributed by atoms with Gasteiger partial charge >= 0.3 is 5.97 Å². The van der Waals surface area contributed by atoms with E-state index in [0.29, 0.717) is 12.3 Å². The lowest BCUT2D eigenvalue weighted by atomic mass is 9.74. The van der Waals surface area contributed by atoms with E-state index in [2.05, 4.69) is 18.8 Å². The van der Waals surface area contributed by atoms with Gasteiger partial charge in [0.25, 0.3) is 0 Å². The number of ketones is 1. The van der Waals surface area contributed by atoms with E-state index in [1.165, 1.54) is 0 Å². The van der Waals surface area contributed by atoms with Gasteiger partial charge in [0.15, 0.2) is 0 Å². The molecule has 1 aromatic rings. The molecule has 0 aromatic carbocycles. The van der Waals surface area contributed by atoms with E-state index >= 15 is 0 Å². The van der Waals surface area contributed by atoms with Crippen LogP contribution in [0.15, 0.2) is 11.0 Å². The van der Waals surface area contributed by atoms with Crippen LogP contribution in [0.5, 0.6) is 0 Å². The predicted molar refractivity (Wildman–Crippen MR) is 134 cm³/mol. The molecule has 7 heteroatoms. The third kappa shape index (κ3) is 6.55. The number of Topliss-reactive ketones (excluding diaryl/α,β-unsaturated/α-hetero) is 1. The Bertz CT molecular complexity index is 922. The zero-order chi connectivity index (χ0) is 25.3. The number of nitrogens with zero attached hydrogens (tertiary/aromatic N) is 1. The molecule has 1 aromatic heterocycles. The van der Waals surface area contributed by atoms with Gasteiger partial charge in [-0.05, 0) is 51.2 Å². The lowest BCUT2D eigenvalue weighted by Gasteiger charge is -2.32. The van der Waals surface area contributed by atoms with Gasteiger partial charge in [0, 0.05) is 17.7 Å². The minimum absolute atomic E-state index is 0.00387. The van der Waals surface area contributed by atoms with Gasteiger partial charge < -0.3 is 14.6 Å². The van der Waals surface area contributed by atoms with E-state index in [-0.39, 0.29) is 29.8 Å². The fourth-order valence-corrected chi connectivity index (χ4v) is 5.72. The monoisotopic (exact) mass is 491 g/mol. The first-order valence-electron chi connectivity index (χ1n) is 12.5. The summed E-state index contributed by atoms with van der Waals surface area (Å²) < 4.78 is 12.0. The summed E-state index contributed by atoms with van der Waals surface area (Å²) in [5.41, 5.74) is 0.510. The molecule has 3 heterocycles. The van der Waals surface area contributed by atoms with Crippen molar-refractivity contribution in [3.8, 4) is 0 Å².